The van der Waals surface area contributed by atoms with Crippen molar-refractivity contribution in [1.29, 1.82) is 0 Å². The fourth-order valence-electron chi connectivity index (χ4n) is 0.801. The zero-order chi connectivity index (χ0) is 6.04. The summed E-state index contributed by atoms with van der Waals surface area (Å²) in [6.45, 7) is 0.826. The molecule has 1 saturated heterocycles. The highest BCUT2D eigenvalue weighted by Crippen LogP contribution is 2.18. The van der Waals surface area contributed by atoms with Gasteiger partial charge in [-0.3, -0.25) is 0 Å². The number of hydrogen-bond donors (Lipinski definition) is 2. The van der Waals surface area contributed by atoms with Crippen LogP contribution in [0.2, 0.25) is 6.04 Å². The second-order valence-corrected chi connectivity index (χ2v) is 6.90. The van der Waals surface area contributed by atoms with Gasteiger partial charge in [-0.2, -0.15) is 12.1 Å². The SMILES string of the molecule is N[Si]1(S)CCCCO1. The molecule has 1 atom stereocenters. The first-order valence-electron chi connectivity index (χ1n) is 2.86. The third-order valence-corrected chi connectivity index (χ3v) is 4.11. The Bertz CT molecular complexity index is 80.1. The van der Waals surface area contributed by atoms with Crippen LogP contribution in [0.3, 0.4) is 0 Å². The molecule has 1 unspecified atom stereocenters. The molecule has 0 amide bonds. The number of thiol groups is 1. The van der Waals surface area contributed by atoms with Crippen molar-refractivity contribution >= 4 is 19.7 Å². The van der Waals surface area contributed by atoms with Crippen LogP contribution >= 0.6 is 12.1 Å². The van der Waals surface area contributed by atoms with Gasteiger partial charge in [0.15, 0.2) is 0 Å². The average molecular weight is 149 g/mol. The molecule has 2 N–H and O–H groups in total. The predicted octanol–water partition coefficient (Wildman–Crippen LogP) is 0.624. The van der Waals surface area contributed by atoms with Gasteiger partial charge >= 0.3 is 7.63 Å². The summed E-state index contributed by atoms with van der Waals surface area (Å²) in [6, 6.07) is 1.01. The Balaban J connectivity index is 2.33. The smallest absolute Gasteiger partial charge is 0.328 e. The molecule has 0 spiro atoms. The Kier molecular flexibility index (Phi) is 1.97. The van der Waals surface area contributed by atoms with Gasteiger partial charge in [0.05, 0.1) is 0 Å². The molecule has 4 heteroatoms. The number of rotatable bonds is 0. The lowest BCUT2D eigenvalue weighted by Crippen LogP contribution is -2.45. The van der Waals surface area contributed by atoms with Crippen LogP contribution < -0.4 is 5.40 Å². The van der Waals surface area contributed by atoms with Crippen molar-refractivity contribution in [3.05, 3.63) is 0 Å². The molecule has 0 aromatic heterocycles. The minimum atomic E-state index is -1.90. The fraction of sp³-hybridized carbons (Fsp3) is 1.00. The van der Waals surface area contributed by atoms with Crippen molar-refractivity contribution in [3.63, 3.8) is 0 Å². The van der Waals surface area contributed by atoms with Gasteiger partial charge in [-0.05, 0) is 18.9 Å². The maximum Gasteiger partial charge on any atom is 0.328 e. The van der Waals surface area contributed by atoms with Crippen molar-refractivity contribution in [2.75, 3.05) is 6.61 Å². The second kappa shape index (κ2) is 2.39. The van der Waals surface area contributed by atoms with Gasteiger partial charge in [0.1, 0.15) is 0 Å². The van der Waals surface area contributed by atoms with Crippen molar-refractivity contribution in [1.82, 2.24) is 0 Å². The maximum absolute atomic E-state index is 5.66. The topological polar surface area (TPSA) is 35.2 Å². The van der Waals surface area contributed by atoms with Crippen molar-refractivity contribution in [3.8, 4) is 0 Å². The molecule has 0 saturated carbocycles. The first-order valence-corrected chi connectivity index (χ1v) is 6.34. The summed E-state index contributed by atoms with van der Waals surface area (Å²) in [7, 11) is -1.90. The van der Waals surface area contributed by atoms with Gasteiger partial charge in [-0.15, -0.1) is 0 Å². The van der Waals surface area contributed by atoms with Gasteiger partial charge in [0.2, 0.25) is 0 Å². The molecule has 2 nitrogen and oxygen atoms in total. The van der Waals surface area contributed by atoms with Crippen LogP contribution in [-0.4, -0.2) is 14.2 Å². The van der Waals surface area contributed by atoms with Gasteiger partial charge in [-0.1, -0.05) is 0 Å². The first kappa shape index (κ1) is 6.60. The van der Waals surface area contributed by atoms with E-state index in [0.717, 1.165) is 19.1 Å². The lowest BCUT2D eigenvalue weighted by molar-refractivity contribution is 0.282. The Labute approximate surface area is 55.7 Å². The zero-order valence-corrected chi connectivity index (χ0v) is 6.66. The number of hydrogen-bond acceptors (Lipinski definition) is 3. The van der Waals surface area contributed by atoms with Gasteiger partial charge in [0, 0.05) is 6.61 Å². The van der Waals surface area contributed by atoms with Gasteiger partial charge in [-0.25, -0.2) is 0 Å². The van der Waals surface area contributed by atoms with Crippen LogP contribution in [0, 0.1) is 0 Å². The van der Waals surface area contributed by atoms with Crippen molar-refractivity contribution < 1.29 is 4.43 Å². The normalized spacial score (nSPS) is 39.8. The largest absolute Gasteiger partial charge is 0.396 e. The summed E-state index contributed by atoms with van der Waals surface area (Å²) in [5, 5.41) is 5.66. The third-order valence-electron chi connectivity index (χ3n) is 1.28. The molecule has 1 aliphatic rings. The highest BCUT2D eigenvalue weighted by atomic mass is 32.3. The quantitative estimate of drug-likeness (QED) is 0.391. The summed E-state index contributed by atoms with van der Waals surface area (Å²) in [5.41, 5.74) is 0. The van der Waals surface area contributed by atoms with Crippen LogP contribution in [0.15, 0.2) is 0 Å². The second-order valence-electron chi connectivity index (χ2n) is 2.15. The Morgan fingerprint density at radius 2 is 2.25 bits per heavy atom. The third kappa shape index (κ3) is 1.78. The van der Waals surface area contributed by atoms with E-state index >= 15 is 0 Å². The Morgan fingerprint density at radius 3 is 2.50 bits per heavy atom. The van der Waals surface area contributed by atoms with Gasteiger partial charge in [0.25, 0.3) is 0 Å². The standard InChI is InChI=1S/C4H11NOSSi/c5-8(7)4-2-1-3-6-8/h7H,1-5H2. The van der Waals surface area contributed by atoms with Crippen LogP contribution in [0.1, 0.15) is 12.8 Å². The van der Waals surface area contributed by atoms with E-state index in [1.54, 1.807) is 0 Å². The van der Waals surface area contributed by atoms with E-state index in [2.05, 4.69) is 12.1 Å². The monoisotopic (exact) mass is 149 g/mol. The van der Waals surface area contributed by atoms with Crippen molar-refractivity contribution in [2.24, 2.45) is 5.40 Å². The minimum Gasteiger partial charge on any atom is -0.396 e. The summed E-state index contributed by atoms with van der Waals surface area (Å²) in [6.07, 6.45) is 2.36. The molecule has 1 aliphatic heterocycles. The summed E-state index contributed by atoms with van der Waals surface area (Å²) in [4.78, 5) is 0. The van der Waals surface area contributed by atoms with E-state index in [4.69, 9.17) is 9.83 Å². The molecule has 0 bridgehead atoms. The van der Waals surface area contributed by atoms with E-state index in [0.29, 0.717) is 0 Å². The maximum atomic E-state index is 5.66. The van der Waals surface area contributed by atoms with Crippen LogP contribution in [-0.2, 0) is 4.43 Å². The molecular weight excluding hydrogens is 138 g/mol. The summed E-state index contributed by atoms with van der Waals surface area (Å²) >= 11 is 4.21. The molecule has 1 fully saturated rings. The first-order chi connectivity index (χ1) is 3.71. The van der Waals surface area contributed by atoms with E-state index in [-0.39, 0.29) is 0 Å². The molecule has 48 valence electrons. The fourth-order valence-corrected chi connectivity index (χ4v) is 2.95. The molecule has 8 heavy (non-hydrogen) atoms. The van der Waals surface area contributed by atoms with E-state index in [1.807, 2.05) is 0 Å². The van der Waals surface area contributed by atoms with Gasteiger partial charge < -0.3 is 9.83 Å². The van der Waals surface area contributed by atoms with Crippen LogP contribution in [0.4, 0.5) is 0 Å². The van der Waals surface area contributed by atoms with Crippen LogP contribution in [0.25, 0.3) is 0 Å². The highest BCUT2D eigenvalue weighted by Gasteiger charge is 2.27. The molecule has 0 aliphatic carbocycles. The molecule has 0 aromatic rings. The molecule has 1 rings (SSSR count). The Morgan fingerprint density at radius 1 is 1.50 bits per heavy atom. The average Bonchev–Trinajstić information content (AvgIpc) is 1.65. The summed E-state index contributed by atoms with van der Waals surface area (Å²) in [5.74, 6) is 0. The lowest BCUT2D eigenvalue weighted by Gasteiger charge is -2.24. The summed E-state index contributed by atoms with van der Waals surface area (Å²) < 4.78 is 5.25. The Hall–Kier alpha value is 0.487. The lowest BCUT2D eigenvalue weighted by atomic mass is 10.4. The molecule has 1 heterocycles. The number of nitrogens with two attached hydrogens (primary N) is 1. The predicted molar refractivity (Wildman–Crippen MR) is 38.9 cm³/mol. The minimum absolute atomic E-state index is 0.826. The van der Waals surface area contributed by atoms with E-state index in [9.17, 15) is 0 Å². The van der Waals surface area contributed by atoms with E-state index < -0.39 is 7.63 Å². The molecular formula is C4H11NOSSi. The highest BCUT2D eigenvalue weighted by molar-refractivity contribution is 8.13. The van der Waals surface area contributed by atoms with E-state index in [1.165, 1.54) is 6.42 Å². The van der Waals surface area contributed by atoms with Crippen molar-refractivity contribution in [2.45, 2.75) is 18.9 Å². The zero-order valence-electron chi connectivity index (χ0n) is 4.76. The van der Waals surface area contributed by atoms with Crippen LogP contribution in [0.5, 0.6) is 0 Å². The molecule has 0 radical (unpaired) electrons. The molecule has 0 aromatic carbocycles.